The summed E-state index contributed by atoms with van der Waals surface area (Å²) in [7, 11) is 0. The fourth-order valence-electron chi connectivity index (χ4n) is 2.54. The van der Waals surface area contributed by atoms with E-state index in [1.54, 1.807) is 4.90 Å². The standard InChI is InChI=1S/C10H13N3O3/c14-8-6-3-13(4-7(6)9(15)12-8)10(16)5-1-11-2-5/h5-7,11H,1-4H2,(H,12,14,15)/t6-,7-/m0/s1. The van der Waals surface area contributed by atoms with Crippen LogP contribution in [-0.4, -0.2) is 48.8 Å². The third kappa shape index (κ3) is 1.26. The van der Waals surface area contributed by atoms with Crippen LogP contribution < -0.4 is 10.6 Å². The van der Waals surface area contributed by atoms with Gasteiger partial charge in [-0.15, -0.1) is 0 Å². The van der Waals surface area contributed by atoms with E-state index in [-0.39, 0.29) is 35.5 Å². The third-order valence-corrected chi connectivity index (χ3v) is 3.68. The fourth-order valence-corrected chi connectivity index (χ4v) is 2.54. The van der Waals surface area contributed by atoms with Gasteiger partial charge in [0.2, 0.25) is 17.7 Å². The van der Waals surface area contributed by atoms with Crippen LogP contribution in [0.2, 0.25) is 0 Å². The number of carbonyl (C=O) groups excluding carboxylic acids is 3. The second-order valence-electron chi connectivity index (χ2n) is 4.66. The highest BCUT2D eigenvalue weighted by molar-refractivity contribution is 6.06. The number of carbonyl (C=O) groups is 3. The molecule has 0 radical (unpaired) electrons. The quantitative estimate of drug-likeness (QED) is 0.501. The number of fused-ring (bicyclic) bond motifs is 1. The van der Waals surface area contributed by atoms with Crippen molar-refractivity contribution in [3.63, 3.8) is 0 Å². The van der Waals surface area contributed by atoms with Gasteiger partial charge in [0, 0.05) is 26.2 Å². The molecular formula is C10H13N3O3. The highest BCUT2D eigenvalue weighted by Gasteiger charge is 2.49. The van der Waals surface area contributed by atoms with E-state index >= 15 is 0 Å². The van der Waals surface area contributed by atoms with Crippen LogP contribution >= 0.6 is 0 Å². The van der Waals surface area contributed by atoms with Gasteiger partial charge in [-0.25, -0.2) is 0 Å². The molecule has 3 heterocycles. The molecule has 0 unspecified atom stereocenters. The zero-order valence-electron chi connectivity index (χ0n) is 8.73. The van der Waals surface area contributed by atoms with Crippen LogP contribution in [-0.2, 0) is 14.4 Å². The molecule has 0 saturated carbocycles. The molecular weight excluding hydrogens is 210 g/mol. The molecule has 3 rings (SSSR count). The smallest absolute Gasteiger partial charge is 0.232 e. The Morgan fingerprint density at radius 3 is 2.12 bits per heavy atom. The summed E-state index contributed by atoms with van der Waals surface area (Å²) >= 11 is 0. The number of amides is 3. The van der Waals surface area contributed by atoms with Crippen LogP contribution in [0.1, 0.15) is 0 Å². The van der Waals surface area contributed by atoms with E-state index in [0.29, 0.717) is 26.2 Å². The summed E-state index contributed by atoms with van der Waals surface area (Å²) in [6.07, 6.45) is 0. The number of hydrogen-bond acceptors (Lipinski definition) is 4. The first-order chi connectivity index (χ1) is 7.66. The zero-order valence-corrected chi connectivity index (χ0v) is 8.73. The van der Waals surface area contributed by atoms with Crippen LogP contribution in [0.4, 0.5) is 0 Å². The fraction of sp³-hybridized carbons (Fsp3) is 0.700. The lowest BCUT2D eigenvalue weighted by Gasteiger charge is -2.30. The van der Waals surface area contributed by atoms with Crippen molar-refractivity contribution in [3.8, 4) is 0 Å². The number of likely N-dealkylation sites (tertiary alicyclic amines) is 1. The molecule has 3 amide bonds. The lowest BCUT2D eigenvalue weighted by molar-refractivity contribution is -0.136. The van der Waals surface area contributed by atoms with Gasteiger partial charge >= 0.3 is 0 Å². The number of imide groups is 1. The van der Waals surface area contributed by atoms with Crippen molar-refractivity contribution in [2.24, 2.45) is 17.8 Å². The molecule has 0 spiro atoms. The van der Waals surface area contributed by atoms with Gasteiger partial charge in [-0.3, -0.25) is 19.7 Å². The highest BCUT2D eigenvalue weighted by Crippen LogP contribution is 2.29. The van der Waals surface area contributed by atoms with Gasteiger partial charge in [0.1, 0.15) is 0 Å². The van der Waals surface area contributed by atoms with Gasteiger partial charge < -0.3 is 10.2 Å². The number of nitrogens with zero attached hydrogens (tertiary/aromatic N) is 1. The Hall–Kier alpha value is -1.43. The summed E-state index contributed by atoms with van der Waals surface area (Å²) in [6, 6.07) is 0. The minimum Gasteiger partial charge on any atom is -0.341 e. The number of nitrogens with one attached hydrogen (secondary N) is 2. The van der Waals surface area contributed by atoms with E-state index < -0.39 is 0 Å². The minimum atomic E-state index is -0.315. The predicted octanol–water partition coefficient (Wildman–Crippen LogP) is -2.06. The van der Waals surface area contributed by atoms with Crippen LogP contribution in [0.3, 0.4) is 0 Å². The Morgan fingerprint density at radius 1 is 1.12 bits per heavy atom. The number of rotatable bonds is 1. The third-order valence-electron chi connectivity index (χ3n) is 3.68. The normalized spacial score (nSPS) is 33.6. The molecule has 3 fully saturated rings. The molecule has 86 valence electrons. The molecule has 0 aromatic rings. The van der Waals surface area contributed by atoms with Crippen molar-refractivity contribution in [1.82, 2.24) is 15.5 Å². The van der Waals surface area contributed by atoms with Gasteiger partial charge in [-0.2, -0.15) is 0 Å². The lowest BCUT2D eigenvalue weighted by atomic mass is 10.00. The molecule has 0 aromatic heterocycles. The number of hydrogen-bond donors (Lipinski definition) is 2. The van der Waals surface area contributed by atoms with Crippen LogP contribution in [0.15, 0.2) is 0 Å². The topological polar surface area (TPSA) is 78.5 Å². The maximum atomic E-state index is 11.9. The summed E-state index contributed by atoms with van der Waals surface area (Å²) in [5, 5.41) is 5.35. The van der Waals surface area contributed by atoms with Crippen molar-refractivity contribution in [2.45, 2.75) is 0 Å². The SMILES string of the molecule is O=C1NC(=O)[C@H]2CN(C(=O)C3CNC3)C[C@H]12. The Bertz CT molecular complexity index is 356. The molecule has 3 aliphatic heterocycles. The molecule has 3 aliphatic rings. The Labute approximate surface area is 92.4 Å². The van der Waals surface area contributed by atoms with E-state index in [0.717, 1.165) is 0 Å². The Kier molecular flexibility index (Phi) is 2.00. The summed E-state index contributed by atoms with van der Waals surface area (Å²) < 4.78 is 0. The molecule has 6 nitrogen and oxygen atoms in total. The summed E-state index contributed by atoms with van der Waals surface area (Å²) in [5.41, 5.74) is 0. The van der Waals surface area contributed by atoms with Crippen molar-refractivity contribution in [3.05, 3.63) is 0 Å². The van der Waals surface area contributed by atoms with E-state index in [2.05, 4.69) is 10.6 Å². The predicted molar refractivity (Wildman–Crippen MR) is 53.1 cm³/mol. The Balaban J connectivity index is 1.71. The van der Waals surface area contributed by atoms with Gasteiger partial charge in [-0.05, 0) is 0 Å². The van der Waals surface area contributed by atoms with Crippen molar-refractivity contribution >= 4 is 17.7 Å². The second-order valence-corrected chi connectivity index (χ2v) is 4.66. The van der Waals surface area contributed by atoms with Crippen molar-refractivity contribution in [2.75, 3.05) is 26.2 Å². The second kappa shape index (κ2) is 3.28. The largest absolute Gasteiger partial charge is 0.341 e. The molecule has 0 aromatic carbocycles. The first-order valence-corrected chi connectivity index (χ1v) is 5.51. The van der Waals surface area contributed by atoms with E-state index in [4.69, 9.17) is 0 Å². The van der Waals surface area contributed by atoms with E-state index in [1.165, 1.54) is 0 Å². The van der Waals surface area contributed by atoms with Crippen molar-refractivity contribution in [1.29, 1.82) is 0 Å². The van der Waals surface area contributed by atoms with E-state index in [9.17, 15) is 14.4 Å². The van der Waals surface area contributed by atoms with Gasteiger partial charge in [0.25, 0.3) is 0 Å². The Morgan fingerprint density at radius 2 is 1.69 bits per heavy atom. The average molecular weight is 223 g/mol. The molecule has 6 heteroatoms. The van der Waals surface area contributed by atoms with E-state index in [1.807, 2.05) is 0 Å². The molecule has 2 N–H and O–H groups in total. The molecule has 0 bridgehead atoms. The van der Waals surface area contributed by atoms with Gasteiger partial charge in [0.15, 0.2) is 0 Å². The van der Waals surface area contributed by atoms with Gasteiger partial charge in [-0.1, -0.05) is 0 Å². The molecule has 16 heavy (non-hydrogen) atoms. The van der Waals surface area contributed by atoms with Crippen LogP contribution in [0, 0.1) is 17.8 Å². The van der Waals surface area contributed by atoms with Crippen LogP contribution in [0.25, 0.3) is 0 Å². The summed E-state index contributed by atoms with van der Waals surface area (Å²) in [5.74, 6) is -0.964. The minimum absolute atomic E-state index is 0.0389. The monoisotopic (exact) mass is 223 g/mol. The molecule has 3 saturated heterocycles. The molecule has 0 aliphatic carbocycles. The first-order valence-electron chi connectivity index (χ1n) is 5.51. The van der Waals surface area contributed by atoms with Crippen LogP contribution in [0.5, 0.6) is 0 Å². The highest BCUT2D eigenvalue weighted by atomic mass is 16.2. The van der Waals surface area contributed by atoms with Gasteiger partial charge in [0.05, 0.1) is 17.8 Å². The maximum absolute atomic E-state index is 11.9. The zero-order chi connectivity index (χ0) is 11.3. The van der Waals surface area contributed by atoms with Crippen molar-refractivity contribution < 1.29 is 14.4 Å². The summed E-state index contributed by atoms with van der Waals surface area (Å²) in [4.78, 5) is 36.4. The maximum Gasteiger partial charge on any atom is 0.232 e. The average Bonchev–Trinajstić information content (AvgIpc) is 2.67. The first kappa shape index (κ1) is 9.77. The molecule has 2 atom stereocenters. The summed E-state index contributed by atoms with van der Waals surface area (Å²) in [6.45, 7) is 2.23. The lowest BCUT2D eigenvalue weighted by Crippen LogP contribution is -2.52.